The van der Waals surface area contributed by atoms with Gasteiger partial charge in [-0.25, -0.2) is 0 Å². The summed E-state index contributed by atoms with van der Waals surface area (Å²) in [5.41, 5.74) is -0.548. The Kier molecular flexibility index (Phi) is 6.20. The van der Waals surface area contributed by atoms with Crippen molar-refractivity contribution in [3.05, 3.63) is 0 Å². The Balaban J connectivity index is 2.81. The molecule has 0 N–H and O–H groups in total. The van der Waals surface area contributed by atoms with Crippen LogP contribution in [0.25, 0.3) is 0 Å². The quantitative estimate of drug-likeness (QED) is 0.726. The lowest BCUT2D eigenvalue weighted by molar-refractivity contribution is -0.157. The average Bonchev–Trinajstić information content (AvgIpc) is 2.46. The Labute approximate surface area is 128 Å². The van der Waals surface area contributed by atoms with E-state index in [9.17, 15) is 9.59 Å². The van der Waals surface area contributed by atoms with Gasteiger partial charge in [0.05, 0.1) is 18.6 Å². The molecule has 1 rings (SSSR count). The Morgan fingerprint density at radius 3 is 2.48 bits per heavy atom. The maximum Gasteiger partial charge on any atom is 0.311 e. The van der Waals surface area contributed by atoms with Crippen molar-refractivity contribution >= 4 is 11.9 Å². The average molecular weight is 298 g/mol. The summed E-state index contributed by atoms with van der Waals surface area (Å²) < 4.78 is 4.92. The van der Waals surface area contributed by atoms with Crippen molar-refractivity contribution in [2.45, 2.75) is 46.1 Å². The molecular formula is C16H30N2O3. The number of piperidine rings is 1. The van der Waals surface area contributed by atoms with Crippen molar-refractivity contribution in [3.8, 4) is 0 Å². The van der Waals surface area contributed by atoms with E-state index in [-0.39, 0.29) is 23.8 Å². The molecule has 1 aliphatic rings. The second kappa shape index (κ2) is 7.25. The van der Waals surface area contributed by atoms with Crippen LogP contribution in [0.2, 0.25) is 0 Å². The highest BCUT2D eigenvalue weighted by Gasteiger charge is 2.41. The molecule has 1 amide bonds. The molecule has 5 heteroatoms. The summed E-state index contributed by atoms with van der Waals surface area (Å²) in [5, 5.41) is 0. The van der Waals surface area contributed by atoms with Crippen molar-refractivity contribution in [1.29, 1.82) is 0 Å². The summed E-state index contributed by atoms with van der Waals surface area (Å²) in [6.45, 7) is 7.30. The lowest BCUT2D eigenvalue weighted by Gasteiger charge is -2.41. The SMILES string of the molecule is CC[C@H](C(=O)N1CCC[C@@H](C(C)(C)C(=O)OC)C1)N(C)C. The highest BCUT2D eigenvalue weighted by Crippen LogP contribution is 2.35. The summed E-state index contributed by atoms with van der Waals surface area (Å²) in [6.07, 6.45) is 2.71. The molecule has 1 saturated heterocycles. The lowest BCUT2D eigenvalue weighted by atomic mass is 9.74. The Morgan fingerprint density at radius 2 is 2.00 bits per heavy atom. The first-order valence-electron chi connectivity index (χ1n) is 7.79. The van der Waals surface area contributed by atoms with Gasteiger partial charge in [0.1, 0.15) is 0 Å². The van der Waals surface area contributed by atoms with Crippen LogP contribution in [0.4, 0.5) is 0 Å². The van der Waals surface area contributed by atoms with Gasteiger partial charge in [0, 0.05) is 13.1 Å². The van der Waals surface area contributed by atoms with Gasteiger partial charge in [-0.15, -0.1) is 0 Å². The lowest BCUT2D eigenvalue weighted by Crippen LogP contribution is -2.52. The first-order chi connectivity index (χ1) is 9.75. The number of amides is 1. The van der Waals surface area contributed by atoms with Crippen LogP contribution in [0.1, 0.15) is 40.0 Å². The maximum absolute atomic E-state index is 12.7. The first-order valence-corrected chi connectivity index (χ1v) is 7.79. The fourth-order valence-corrected chi connectivity index (χ4v) is 3.17. The standard InChI is InChI=1S/C16H30N2O3/c1-7-13(17(4)5)14(19)18-10-8-9-12(11-18)16(2,3)15(20)21-6/h12-13H,7-11H2,1-6H3/t12-,13-/m1/s1. The van der Waals surface area contributed by atoms with Crippen molar-refractivity contribution in [2.24, 2.45) is 11.3 Å². The summed E-state index contributed by atoms with van der Waals surface area (Å²) in [4.78, 5) is 28.5. The molecule has 1 heterocycles. The number of hydrogen-bond donors (Lipinski definition) is 0. The van der Waals surface area contributed by atoms with Gasteiger partial charge in [-0.3, -0.25) is 14.5 Å². The number of carbonyl (C=O) groups is 2. The molecule has 0 radical (unpaired) electrons. The fraction of sp³-hybridized carbons (Fsp3) is 0.875. The number of methoxy groups -OCH3 is 1. The van der Waals surface area contributed by atoms with E-state index in [1.54, 1.807) is 0 Å². The molecule has 21 heavy (non-hydrogen) atoms. The van der Waals surface area contributed by atoms with Gasteiger partial charge in [-0.05, 0) is 53.1 Å². The number of rotatable bonds is 5. The Bertz CT molecular complexity index is 380. The van der Waals surface area contributed by atoms with Crippen molar-refractivity contribution in [2.75, 3.05) is 34.3 Å². The van der Waals surface area contributed by atoms with Crippen LogP contribution >= 0.6 is 0 Å². The molecule has 1 aliphatic heterocycles. The van der Waals surface area contributed by atoms with Crippen LogP contribution in [0, 0.1) is 11.3 Å². The van der Waals surface area contributed by atoms with Crippen LogP contribution in [0.3, 0.4) is 0 Å². The van der Waals surface area contributed by atoms with E-state index in [1.807, 2.05) is 44.7 Å². The van der Waals surface area contributed by atoms with Crippen LogP contribution in [0.15, 0.2) is 0 Å². The minimum absolute atomic E-state index is 0.0787. The highest BCUT2D eigenvalue weighted by atomic mass is 16.5. The third-order valence-corrected chi connectivity index (χ3v) is 4.76. The zero-order chi connectivity index (χ0) is 16.2. The molecule has 0 aromatic heterocycles. The van der Waals surface area contributed by atoms with Crippen molar-refractivity contribution in [3.63, 3.8) is 0 Å². The minimum Gasteiger partial charge on any atom is -0.469 e. The van der Waals surface area contributed by atoms with E-state index in [2.05, 4.69) is 0 Å². The van der Waals surface area contributed by atoms with E-state index < -0.39 is 5.41 Å². The molecule has 2 atom stereocenters. The second-order valence-electron chi connectivity index (χ2n) is 6.72. The molecule has 0 saturated carbocycles. The number of carbonyl (C=O) groups excluding carboxylic acids is 2. The van der Waals surface area contributed by atoms with Crippen molar-refractivity contribution < 1.29 is 14.3 Å². The molecule has 5 nitrogen and oxygen atoms in total. The Morgan fingerprint density at radius 1 is 1.38 bits per heavy atom. The van der Waals surface area contributed by atoms with Gasteiger partial charge in [0.15, 0.2) is 0 Å². The van der Waals surface area contributed by atoms with E-state index >= 15 is 0 Å². The van der Waals surface area contributed by atoms with E-state index in [0.717, 1.165) is 25.8 Å². The monoisotopic (exact) mass is 298 g/mol. The second-order valence-corrected chi connectivity index (χ2v) is 6.72. The zero-order valence-corrected chi connectivity index (χ0v) is 14.3. The number of nitrogens with zero attached hydrogens (tertiary/aromatic N) is 2. The van der Waals surface area contributed by atoms with Gasteiger partial charge in [0.25, 0.3) is 0 Å². The highest BCUT2D eigenvalue weighted by molar-refractivity contribution is 5.82. The topological polar surface area (TPSA) is 49.9 Å². The molecule has 0 unspecified atom stereocenters. The van der Waals surface area contributed by atoms with Crippen LogP contribution in [0.5, 0.6) is 0 Å². The zero-order valence-electron chi connectivity index (χ0n) is 14.3. The van der Waals surface area contributed by atoms with E-state index in [1.165, 1.54) is 7.11 Å². The number of esters is 1. The molecule has 0 bridgehead atoms. The minimum atomic E-state index is -0.548. The van der Waals surface area contributed by atoms with E-state index in [4.69, 9.17) is 4.74 Å². The van der Waals surface area contributed by atoms with E-state index in [0.29, 0.717) is 6.54 Å². The summed E-state index contributed by atoms with van der Waals surface area (Å²) in [6, 6.07) is -0.0787. The predicted molar refractivity (Wildman–Crippen MR) is 82.9 cm³/mol. The number of likely N-dealkylation sites (tertiary alicyclic amines) is 1. The van der Waals surface area contributed by atoms with Crippen molar-refractivity contribution in [1.82, 2.24) is 9.80 Å². The number of hydrogen-bond acceptors (Lipinski definition) is 4. The summed E-state index contributed by atoms with van der Waals surface area (Å²) in [7, 11) is 5.30. The third kappa shape index (κ3) is 3.96. The van der Waals surface area contributed by atoms with Crippen LogP contribution < -0.4 is 0 Å². The van der Waals surface area contributed by atoms with Gasteiger partial charge < -0.3 is 9.64 Å². The largest absolute Gasteiger partial charge is 0.469 e. The maximum atomic E-state index is 12.7. The fourth-order valence-electron chi connectivity index (χ4n) is 3.17. The van der Waals surface area contributed by atoms with Crippen LogP contribution in [-0.2, 0) is 14.3 Å². The number of ether oxygens (including phenoxy) is 1. The smallest absolute Gasteiger partial charge is 0.311 e. The van der Waals surface area contributed by atoms with Gasteiger partial charge in [-0.1, -0.05) is 6.92 Å². The molecule has 0 aliphatic carbocycles. The molecule has 0 aromatic carbocycles. The van der Waals surface area contributed by atoms with Gasteiger partial charge in [0.2, 0.25) is 5.91 Å². The molecule has 122 valence electrons. The third-order valence-electron chi connectivity index (χ3n) is 4.76. The number of likely N-dealkylation sites (N-methyl/N-ethyl adjacent to an activating group) is 1. The normalized spacial score (nSPS) is 21.3. The molecule has 1 fully saturated rings. The summed E-state index contributed by atoms with van der Waals surface area (Å²) in [5.74, 6) is 0.136. The predicted octanol–water partition coefficient (Wildman–Crippen LogP) is 1.76. The molecule has 0 aromatic rings. The molecule has 0 spiro atoms. The first kappa shape index (κ1) is 18.0. The summed E-state index contributed by atoms with van der Waals surface area (Å²) >= 11 is 0. The molecular weight excluding hydrogens is 268 g/mol. The Hall–Kier alpha value is -1.10. The van der Waals surface area contributed by atoms with Gasteiger partial charge in [-0.2, -0.15) is 0 Å². The van der Waals surface area contributed by atoms with Gasteiger partial charge >= 0.3 is 5.97 Å². The van der Waals surface area contributed by atoms with Crippen LogP contribution in [-0.4, -0.2) is 62.0 Å².